The van der Waals surface area contributed by atoms with Crippen LogP contribution in [0.4, 0.5) is 4.79 Å². The van der Waals surface area contributed by atoms with Gasteiger partial charge < -0.3 is 25.4 Å². The Hall–Kier alpha value is -1.34. The van der Waals surface area contributed by atoms with Crippen molar-refractivity contribution in [3.8, 4) is 0 Å². The molecule has 102 valence electrons. The van der Waals surface area contributed by atoms with E-state index in [0.29, 0.717) is 19.6 Å². The molecule has 18 heavy (non-hydrogen) atoms. The van der Waals surface area contributed by atoms with E-state index < -0.39 is 12.1 Å². The van der Waals surface area contributed by atoms with Crippen molar-refractivity contribution in [2.24, 2.45) is 5.73 Å². The number of nitrogens with zero attached hydrogens (tertiary/aromatic N) is 2. The molecule has 2 fully saturated rings. The molecule has 0 radical (unpaired) electrons. The van der Waals surface area contributed by atoms with Gasteiger partial charge in [0, 0.05) is 25.7 Å². The van der Waals surface area contributed by atoms with Crippen LogP contribution >= 0.6 is 0 Å². The summed E-state index contributed by atoms with van der Waals surface area (Å²) < 4.78 is 5.09. The van der Waals surface area contributed by atoms with Gasteiger partial charge in [0.25, 0.3) is 0 Å². The summed E-state index contributed by atoms with van der Waals surface area (Å²) in [4.78, 5) is 26.3. The monoisotopic (exact) mass is 257 g/mol. The summed E-state index contributed by atoms with van der Waals surface area (Å²) in [5.74, 6) is -1.02. The van der Waals surface area contributed by atoms with Gasteiger partial charge in [0.2, 0.25) is 0 Å². The van der Waals surface area contributed by atoms with Gasteiger partial charge in [0.1, 0.15) is 0 Å². The lowest BCUT2D eigenvalue weighted by molar-refractivity contribution is -0.154. The summed E-state index contributed by atoms with van der Waals surface area (Å²) >= 11 is 0. The largest absolute Gasteiger partial charge is 0.479 e. The van der Waals surface area contributed by atoms with Gasteiger partial charge in [-0.1, -0.05) is 0 Å². The highest BCUT2D eigenvalue weighted by Gasteiger charge is 2.32. The zero-order chi connectivity index (χ0) is 13.1. The van der Waals surface area contributed by atoms with E-state index in [1.807, 2.05) is 0 Å². The predicted molar refractivity (Wildman–Crippen MR) is 63.1 cm³/mol. The highest BCUT2D eigenvalue weighted by molar-refractivity contribution is 5.77. The van der Waals surface area contributed by atoms with Crippen LogP contribution in [0.3, 0.4) is 0 Å². The fourth-order valence-electron chi connectivity index (χ4n) is 2.26. The Labute approximate surface area is 105 Å². The Balaban J connectivity index is 1.90. The van der Waals surface area contributed by atoms with E-state index >= 15 is 0 Å². The zero-order valence-corrected chi connectivity index (χ0v) is 10.2. The van der Waals surface area contributed by atoms with Crippen LogP contribution in [0.2, 0.25) is 0 Å². The van der Waals surface area contributed by atoms with Crippen molar-refractivity contribution in [2.75, 3.05) is 32.8 Å². The molecule has 2 amide bonds. The van der Waals surface area contributed by atoms with Crippen molar-refractivity contribution in [2.45, 2.75) is 25.0 Å². The number of morpholine rings is 1. The average molecular weight is 257 g/mol. The van der Waals surface area contributed by atoms with Gasteiger partial charge in [0.15, 0.2) is 6.10 Å². The van der Waals surface area contributed by atoms with Gasteiger partial charge in [-0.3, -0.25) is 0 Å². The summed E-state index contributed by atoms with van der Waals surface area (Å²) in [5, 5.41) is 8.89. The van der Waals surface area contributed by atoms with E-state index in [1.54, 1.807) is 9.80 Å². The van der Waals surface area contributed by atoms with Crippen LogP contribution in [0, 0.1) is 0 Å². The second kappa shape index (κ2) is 5.53. The number of hydrogen-bond donors (Lipinski definition) is 2. The minimum atomic E-state index is -1.02. The van der Waals surface area contributed by atoms with Crippen LogP contribution in [0.5, 0.6) is 0 Å². The first kappa shape index (κ1) is 13.1. The van der Waals surface area contributed by atoms with Crippen LogP contribution in [0.1, 0.15) is 12.8 Å². The summed E-state index contributed by atoms with van der Waals surface area (Å²) in [6.07, 6.45) is 0.700. The Bertz CT molecular complexity index is 328. The third kappa shape index (κ3) is 2.91. The molecular weight excluding hydrogens is 238 g/mol. The number of nitrogens with two attached hydrogens (primary N) is 1. The number of aliphatic carboxylic acids is 1. The van der Waals surface area contributed by atoms with Crippen molar-refractivity contribution in [3.63, 3.8) is 0 Å². The molecule has 0 aromatic rings. The molecule has 3 N–H and O–H groups in total. The molecule has 0 aromatic carbocycles. The van der Waals surface area contributed by atoms with Gasteiger partial charge in [0.05, 0.1) is 13.2 Å². The maximum atomic E-state index is 12.2. The Morgan fingerprint density at radius 1 is 1.17 bits per heavy atom. The second-order valence-electron chi connectivity index (χ2n) is 4.75. The molecule has 0 spiro atoms. The average Bonchev–Trinajstić information content (AvgIpc) is 2.39. The second-order valence-corrected chi connectivity index (χ2v) is 4.75. The Kier molecular flexibility index (Phi) is 4.03. The number of carbonyl (C=O) groups excluding carboxylic acids is 1. The lowest BCUT2D eigenvalue weighted by Gasteiger charge is -2.37. The van der Waals surface area contributed by atoms with E-state index in [0.717, 1.165) is 12.8 Å². The van der Waals surface area contributed by atoms with E-state index in [2.05, 4.69) is 0 Å². The third-order valence-corrected chi connectivity index (χ3v) is 3.42. The molecule has 2 heterocycles. The summed E-state index contributed by atoms with van der Waals surface area (Å²) in [5.41, 5.74) is 5.79. The normalized spacial score (nSPS) is 26.2. The molecular formula is C11H19N3O4. The minimum Gasteiger partial charge on any atom is -0.479 e. The van der Waals surface area contributed by atoms with Gasteiger partial charge in [-0.2, -0.15) is 0 Å². The quantitative estimate of drug-likeness (QED) is 0.648. The van der Waals surface area contributed by atoms with Crippen molar-refractivity contribution in [1.29, 1.82) is 0 Å². The standard InChI is InChI=1S/C11H19N3O4/c12-8-1-3-13(4-2-8)11(17)14-5-6-18-9(7-14)10(15)16/h8-9H,1-7,12H2,(H,15,16). The van der Waals surface area contributed by atoms with Crippen LogP contribution in [-0.2, 0) is 9.53 Å². The van der Waals surface area contributed by atoms with Crippen molar-refractivity contribution in [1.82, 2.24) is 9.80 Å². The molecule has 0 aromatic heterocycles. The van der Waals surface area contributed by atoms with Crippen LogP contribution in [0.15, 0.2) is 0 Å². The van der Waals surface area contributed by atoms with E-state index in [-0.39, 0.29) is 25.2 Å². The number of ether oxygens (including phenoxy) is 1. The number of carbonyl (C=O) groups is 2. The molecule has 0 aliphatic carbocycles. The zero-order valence-electron chi connectivity index (χ0n) is 10.2. The fraction of sp³-hybridized carbons (Fsp3) is 0.818. The van der Waals surface area contributed by atoms with Crippen molar-refractivity contribution in [3.05, 3.63) is 0 Å². The molecule has 1 unspecified atom stereocenters. The molecule has 7 heteroatoms. The SMILES string of the molecule is NC1CCN(C(=O)N2CCOC(C(=O)O)C2)CC1. The predicted octanol–water partition coefficient (Wildman–Crippen LogP) is -0.685. The number of piperidine rings is 1. The molecule has 2 aliphatic heterocycles. The first-order valence-electron chi connectivity index (χ1n) is 6.22. The Morgan fingerprint density at radius 2 is 1.83 bits per heavy atom. The lowest BCUT2D eigenvalue weighted by Crippen LogP contribution is -2.54. The van der Waals surface area contributed by atoms with Crippen LogP contribution < -0.4 is 5.73 Å². The van der Waals surface area contributed by atoms with Gasteiger partial charge in [-0.05, 0) is 12.8 Å². The number of urea groups is 1. The summed E-state index contributed by atoms with van der Waals surface area (Å²) in [6, 6.07) is 0.0713. The fourth-order valence-corrected chi connectivity index (χ4v) is 2.26. The molecule has 2 aliphatic rings. The van der Waals surface area contributed by atoms with Crippen LogP contribution in [-0.4, -0.2) is 71.8 Å². The van der Waals surface area contributed by atoms with Crippen molar-refractivity contribution >= 4 is 12.0 Å². The first-order valence-corrected chi connectivity index (χ1v) is 6.22. The molecule has 7 nitrogen and oxygen atoms in total. The molecule has 1 atom stereocenters. The third-order valence-electron chi connectivity index (χ3n) is 3.42. The highest BCUT2D eigenvalue weighted by atomic mass is 16.5. The Morgan fingerprint density at radius 3 is 2.44 bits per heavy atom. The maximum absolute atomic E-state index is 12.2. The van der Waals surface area contributed by atoms with Crippen molar-refractivity contribution < 1.29 is 19.4 Å². The van der Waals surface area contributed by atoms with E-state index in [9.17, 15) is 9.59 Å². The maximum Gasteiger partial charge on any atom is 0.334 e. The first-order chi connectivity index (χ1) is 8.58. The number of hydrogen-bond acceptors (Lipinski definition) is 4. The van der Waals surface area contributed by atoms with Crippen LogP contribution in [0.25, 0.3) is 0 Å². The minimum absolute atomic E-state index is 0.101. The molecule has 0 bridgehead atoms. The topological polar surface area (TPSA) is 96.1 Å². The lowest BCUT2D eigenvalue weighted by atomic mass is 10.1. The van der Waals surface area contributed by atoms with Gasteiger partial charge >= 0.3 is 12.0 Å². The molecule has 2 saturated heterocycles. The number of likely N-dealkylation sites (tertiary alicyclic amines) is 1. The van der Waals surface area contributed by atoms with E-state index in [4.69, 9.17) is 15.6 Å². The van der Waals surface area contributed by atoms with Gasteiger partial charge in [-0.25, -0.2) is 9.59 Å². The van der Waals surface area contributed by atoms with E-state index in [1.165, 1.54) is 0 Å². The number of carboxylic acids is 1. The number of amides is 2. The summed E-state index contributed by atoms with van der Waals surface area (Å²) in [7, 11) is 0. The molecule has 0 saturated carbocycles. The number of rotatable bonds is 1. The molecule has 2 rings (SSSR count). The van der Waals surface area contributed by atoms with Gasteiger partial charge in [-0.15, -0.1) is 0 Å². The summed E-state index contributed by atoms with van der Waals surface area (Å²) in [6.45, 7) is 2.14. The number of carboxylic acid groups (broad SMARTS) is 1. The smallest absolute Gasteiger partial charge is 0.334 e. The highest BCUT2D eigenvalue weighted by Crippen LogP contribution is 2.13.